The van der Waals surface area contributed by atoms with Crippen molar-refractivity contribution in [2.75, 3.05) is 16.8 Å². The largest absolute Gasteiger partial charge is 0.367 e. The highest BCUT2D eigenvalue weighted by atomic mass is 35.5. The van der Waals surface area contributed by atoms with Gasteiger partial charge in [-0.1, -0.05) is 18.5 Å². The molecule has 0 atom stereocenters. The number of aryl methyl sites for hydroxylation is 1. The third-order valence-corrected chi connectivity index (χ3v) is 4.43. The van der Waals surface area contributed by atoms with Crippen LogP contribution < -0.4 is 5.32 Å². The van der Waals surface area contributed by atoms with Crippen LogP contribution in [0.2, 0.25) is 5.15 Å². The first-order valence-electron chi connectivity index (χ1n) is 6.08. The molecule has 0 saturated carbocycles. The van der Waals surface area contributed by atoms with Crippen LogP contribution in [0.3, 0.4) is 0 Å². The first-order valence-corrected chi connectivity index (χ1v) is 7.61. The van der Waals surface area contributed by atoms with Crippen LogP contribution in [0.4, 0.5) is 5.82 Å². The van der Waals surface area contributed by atoms with E-state index in [-0.39, 0.29) is 0 Å². The fourth-order valence-electron chi connectivity index (χ4n) is 1.87. The minimum atomic E-state index is 0.533. The van der Waals surface area contributed by atoms with Crippen LogP contribution in [0.15, 0.2) is 0 Å². The molecule has 1 aromatic rings. The number of nitrogens with zero attached hydrogens (tertiary/aromatic N) is 2. The predicted molar refractivity (Wildman–Crippen MR) is 75.1 cm³/mol. The molecule has 0 unspecified atom stereocenters. The molecule has 5 heteroatoms. The van der Waals surface area contributed by atoms with E-state index in [0.717, 1.165) is 23.6 Å². The molecule has 0 spiro atoms. The Bertz CT molecular complexity index is 392. The standard InChI is InChI=1S/C12H18ClN3S/c1-3-10-15-11(13)8(2)12(16-10)14-9-4-6-17-7-5-9/h9H,3-7H2,1-2H3,(H,14,15,16). The summed E-state index contributed by atoms with van der Waals surface area (Å²) in [6.45, 7) is 4.02. The Morgan fingerprint density at radius 2 is 2.06 bits per heavy atom. The molecule has 1 aliphatic rings. The highest BCUT2D eigenvalue weighted by molar-refractivity contribution is 7.99. The summed E-state index contributed by atoms with van der Waals surface area (Å²) in [6.07, 6.45) is 3.22. The van der Waals surface area contributed by atoms with Crippen LogP contribution in [0, 0.1) is 6.92 Å². The van der Waals surface area contributed by atoms with Gasteiger partial charge in [0, 0.05) is 18.0 Å². The fraction of sp³-hybridized carbons (Fsp3) is 0.667. The second kappa shape index (κ2) is 5.91. The molecule has 1 aromatic heterocycles. The summed E-state index contributed by atoms with van der Waals surface area (Å²) in [5, 5.41) is 4.09. The van der Waals surface area contributed by atoms with Crippen LogP contribution in [0.1, 0.15) is 31.2 Å². The molecule has 0 amide bonds. The normalized spacial score (nSPS) is 17.1. The second-order valence-corrected chi connectivity index (χ2v) is 5.87. The summed E-state index contributed by atoms with van der Waals surface area (Å²) in [5.41, 5.74) is 0.960. The van der Waals surface area contributed by atoms with E-state index >= 15 is 0 Å². The lowest BCUT2D eigenvalue weighted by Crippen LogP contribution is -2.25. The Hall–Kier alpha value is -0.480. The SMILES string of the molecule is CCc1nc(Cl)c(C)c(NC2CCSCC2)n1. The average molecular weight is 272 g/mol. The molecule has 1 fully saturated rings. The highest BCUT2D eigenvalue weighted by Gasteiger charge is 2.16. The van der Waals surface area contributed by atoms with Gasteiger partial charge in [0.1, 0.15) is 16.8 Å². The lowest BCUT2D eigenvalue weighted by atomic mass is 10.1. The van der Waals surface area contributed by atoms with Crippen LogP contribution in [0.5, 0.6) is 0 Å². The maximum atomic E-state index is 6.12. The van der Waals surface area contributed by atoms with Crippen molar-refractivity contribution in [3.63, 3.8) is 0 Å². The molecule has 0 bridgehead atoms. The zero-order chi connectivity index (χ0) is 12.3. The zero-order valence-electron chi connectivity index (χ0n) is 10.3. The van der Waals surface area contributed by atoms with Gasteiger partial charge in [-0.05, 0) is 31.3 Å². The van der Waals surface area contributed by atoms with Gasteiger partial charge in [-0.15, -0.1) is 0 Å². The van der Waals surface area contributed by atoms with Crippen molar-refractivity contribution in [2.45, 2.75) is 39.2 Å². The van der Waals surface area contributed by atoms with Crippen LogP contribution >= 0.6 is 23.4 Å². The molecular formula is C12H18ClN3S. The van der Waals surface area contributed by atoms with Crippen molar-refractivity contribution in [1.82, 2.24) is 9.97 Å². The minimum absolute atomic E-state index is 0.533. The van der Waals surface area contributed by atoms with E-state index in [1.165, 1.54) is 24.3 Å². The van der Waals surface area contributed by atoms with Crippen LogP contribution in [-0.2, 0) is 6.42 Å². The molecule has 17 heavy (non-hydrogen) atoms. The number of hydrogen-bond acceptors (Lipinski definition) is 4. The predicted octanol–water partition coefficient (Wildman–Crippen LogP) is 3.31. The summed E-state index contributed by atoms with van der Waals surface area (Å²) in [7, 11) is 0. The first-order chi connectivity index (χ1) is 8.20. The second-order valence-electron chi connectivity index (χ2n) is 4.29. The first kappa shape index (κ1) is 13.0. The average Bonchev–Trinajstić information content (AvgIpc) is 2.36. The molecule has 1 N–H and O–H groups in total. The van der Waals surface area contributed by atoms with Crippen LogP contribution in [-0.4, -0.2) is 27.5 Å². The minimum Gasteiger partial charge on any atom is -0.367 e. The van der Waals surface area contributed by atoms with Gasteiger partial charge in [-0.2, -0.15) is 11.8 Å². The maximum absolute atomic E-state index is 6.12. The Morgan fingerprint density at radius 1 is 1.35 bits per heavy atom. The van der Waals surface area contributed by atoms with Gasteiger partial charge in [0.2, 0.25) is 0 Å². The van der Waals surface area contributed by atoms with Gasteiger partial charge < -0.3 is 5.32 Å². The molecule has 2 heterocycles. The smallest absolute Gasteiger partial charge is 0.137 e. The molecule has 0 radical (unpaired) electrons. The van der Waals surface area contributed by atoms with Crippen molar-refractivity contribution in [3.05, 3.63) is 16.5 Å². The molecule has 0 aromatic carbocycles. The Balaban J connectivity index is 2.15. The van der Waals surface area contributed by atoms with Gasteiger partial charge in [-0.25, -0.2) is 9.97 Å². The quantitative estimate of drug-likeness (QED) is 0.856. The van der Waals surface area contributed by atoms with Crippen molar-refractivity contribution in [3.8, 4) is 0 Å². The molecule has 94 valence electrons. The van der Waals surface area contributed by atoms with E-state index in [0.29, 0.717) is 11.2 Å². The molecule has 1 saturated heterocycles. The van der Waals surface area contributed by atoms with E-state index in [4.69, 9.17) is 11.6 Å². The fourth-order valence-corrected chi connectivity index (χ4v) is 3.16. The summed E-state index contributed by atoms with van der Waals surface area (Å²) >= 11 is 8.15. The Labute approximate surface area is 112 Å². The summed E-state index contributed by atoms with van der Waals surface area (Å²) in [6, 6.07) is 0.533. The van der Waals surface area contributed by atoms with E-state index in [2.05, 4.69) is 15.3 Å². The van der Waals surface area contributed by atoms with E-state index in [1.54, 1.807) is 0 Å². The van der Waals surface area contributed by atoms with Gasteiger partial charge in [0.05, 0.1) is 0 Å². The molecule has 0 aliphatic carbocycles. The third-order valence-electron chi connectivity index (χ3n) is 3.01. The van der Waals surface area contributed by atoms with Crippen molar-refractivity contribution < 1.29 is 0 Å². The molecule has 3 nitrogen and oxygen atoms in total. The van der Waals surface area contributed by atoms with Gasteiger partial charge in [0.15, 0.2) is 0 Å². The van der Waals surface area contributed by atoms with Gasteiger partial charge >= 0.3 is 0 Å². The number of aromatic nitrogens is 2. The van der Waals surface area contributed by atoms with Gasteiger partial charge in [0.25, 0.3) is 0 Å². The molecule has 2 rings (SSSR count). The monoisotopic (exact) mass is 271 g/mol. The summed E-state index contributed by atoms with van der Waals surface area (Å²) < 4.78 is 0. The third kappa shape index (κ3) is 3.26. The zero-order valence-corrected chi connectivity index (χ0v) is 11.9. The topological polar surface area (TPSA) is 37.8 Å². The number of rotatable bonds is 3. The lowest BCUT2D eigenvalue weighted by molar-refractivity contribution is 0.661. The van der Waals surface area contributed by atoms with E-state index in [1.807, 2.05) is 25.6 Å². The Morgan fingerprint density at radius 3 is 2.71 bits per heavy atom. The summed E-state index contributed by atoms with van der Waals surface area (Å²) in [5.74, 6) is 4.19. The number of thioether (sulfide) groups is 1. The maximum Gasteiger partial charge on any atom is 0.137 e. The highest BCUT2D eigenvalue weighted by Crippen LogP contribution is 2.24. The Kier molecular flexibility index (Phi) is 4.51. The molecule has 1 aliphatic heterocycles. The van der Waals surface area contributed by atoms with Crippen molar-refractivity contribution in [2.24, 2.45) is 0 Å². The van der Waals surface area contributed by atoms with Gasteiger partial charge in [-0.3, -0.25) is 0 Å². The van der Waals surface area contributed by atoms with E-state index < -0.39 is 0 Å². The lowest BCUT2D eigenvalue weighted by Gasteiger charge is -2.24. The van der Waals surface area contributed by atoms with E-state index in [9.17, 15) is 0 Å². The van der Waals surface area contributed by atoms with Crippen molar-refractivity contribution >= 4 is 29.2 Å². The number of anilines is 1. The molecular weight excluding hydrogens is 254 g/mol. The number of nitrogens with one attached hydrogen (secondary N) is 1. The van der Waals surface area contributed by atoms with Crippen LogP contribution in [0.25, 0.3) is 0 Å². The number of hydrogen-bond donors (Lipinski definition) is 1. The summed E-state index contributed by atoms with van der Waals surface area (Å²) in [4.78, 5) is 8.79. The van der Waals surface area contributed by atoms with Crippen molar-refractivity contribution in [1.29, 1.82) is 0 Å². The number of halogens is 1.